The summed E-state index contributed by atoms with van der Waals surface area (Å²) in [6, 6.07) is 4.63. The second kappa shape index (κ2) is 7.09. The zero-order valence-electron chi connectivity index (χ0n) is 12.0. The molecule has 0 aromatic heterocycles. The molecule has 3 N–H and O–H groups in total. The van der Waals surface area contributed by atoms with Crippen molar-refractivity contribution in [3.63, 3.8) is 0 Å². The summed E-state index contributed by atoms with van der Waals surface area (Å²) < 4.78 is 34.1. The fourth-order valence-corrected chi connectivity index (χ4v) is 4.54. The molecule has 5 nitrogen and oxygen atoms in total. The molecule has 21 heavy (non-hydrogen) atoms. The molecule has 2 rings (SSSR count). The average molecular weight is 377 g/mol. The Kier molecular flexibility index (Phi) is 5.65. The second-order valence-corrected chi connectivity index (χ2v) is 7.80. The van der Waals surface area contributed by atoms with Crippen molar-refractivity contribution < 1.29 is 13.2 Å². The third kappa shape index (κ3) is 4.18. The van der Waals surface area contributed by atoms with E-state index in [9.17, 15) is 8.42 Å². The van der Waals surface area contributed by atoms with Crippen molar-refractivity contribution in [1.29, 1.82) is 0 Å². The third-order valence-electron chi connectivity index (χ3n) is 3.62. The van der Waals surface area contributed by atoms with Gasteiger partial charge in [0.2, 0.25) is 10.0 Å². The first kappa shape index (κ1) is 16.7. The highest BCUT2D eigenvalue weighted by Crippen LogP contribution is 2.28. The number of hydrogen-bond acceptors (Lipinski definition) is 4. The first-order valence-corrected chi connectivity index (χ1v) is 9.42. The van der Waals surface area contributed by atoms with E-state index in [0.29, 0.717) is 16.8 Å². The van der Waals surface area contributed by atoms with Crippen LogP contribution in [0.5, 0.6) is 5.75 Å². The molecule has 0 aliphatic heterocycles. The zero-order chi connectivity index (χ0) is 15.5. The van der Waals surface area contributed by atoms with Crippen LogP contribution < -0.4 is 15.2 Å². The molecular weight excluding hydrogens is 356 g/mol. The molecular formula is C14H21BrN2O3S. The zero-order valence-corrected chi connectivity index (χ0v) is 14.4. The number of halogens is 1. The molecule has 0 radical (unpaired) electrons. The highest BCUT2D eigenvalue weighted by molar-refractivity contribution is 9.10. The van der Waals surface area contributed by atoms with Crippen LogP contribution >= 0.6 is 15.9 Å². The van der Waals surface area contributed by atoms with Gasteiger partial charge in [0.15, 0.2) is 0 Å². The molecule has 2 unspecified atom stereocenters. The predicted octanol–water partition coefficient (Wildman–Crippen LogP) is 2.40. The van der Waals surface area contributed by atoms with Crippen LogP contribution in [0.15, 0.2) is 27.6 Å². The molecule has 0 spiro atoms. The monoisotopic (exact) mass is 376 g/mol. The summed E-state index contributed by atoms with van der Waals surface area (Å²) in [4.78, 5) is 0.150. The Labute approximate surface area is 134 Å². The average Bonchev–Trinajstić information content (AvgIpc) is 2.43. The Morgan fingerprint density at radius 1 is 1.38 bits per heavy atom. The Bertz CT molecular complexity index is 592. The normalized spacial score (nSPS) is 23.0. The summed E-state index contributed by atoms with van der Waals surface area (Å²) in [5.41, 5.74) is 6.02. The third-order valence-corrected chi connectivity index (χ3v) is 5.63. The molecule has 1 saturated carbocycles. The molecule has 1 aromatic rings. The van der Waals surface area contributed by atoms with Crippen LogP contribution in [0.4, 0.5) is 0 Å². The summed E-state index contributed by atoms with van der Waals surface area (Å²) in [5.74, 6) is 0.359. The van der Waals surface area contributed by atoms with Crippen molar-refractivity contribution in [2.75, 3.05) is 6.61 Å². The van der Waals surface area contributed by atoms with Gasteiger partial charge in [-0.2, -0.15) is 0 Å². The van der Waals surface area contributed by atoms with E-state index in [1.165, 1.54) is 0 Å². The van der Waals surface area contributed by atoms with E-state index in [2.05, 4.69) is 20.7 Å². The molecule has 0 bridgehead atoms. The van der Waals surface area contributed by atoms with Crippen molar-refractivity contribution in [2.45, 2.75) is 49.6 Å². The topological polar surface area (TPSA) is 81.4 Å². The van der Waals surface area contributed by atoms with Crippen LogP contribution in [0.1, 0.15) is 32.6 Å². The van der Waals surface area contributed by atoms with Gasteiger partial charge < -0.3 is 10.5 Å². The highest BCUT2D eigenvalue weighted by Gasteiger charge is 2.29. The fourth-order valence-electron chi connectivity index (χ4n) is 2.54. The molecule has 0 heterocycles. The van der Waals surface area contributed by atoms with Crippen molar-refractivity contribution in [1.82, 2.24) is 4.72 Å². The molecule has 1 aliphatic rings. The Morgan fingerprint density at radius 3 is 2.76 bits per heavy atom. The minimum Gasteiger partial charge on any atom is -0.492 e. The Morgan fingerprint density at radius 2 is 2.10 bits per heavy atom. The van der Waals surface area contributed by atoms with Crippen molar-refractivity contribution in [3.05, 3.63) is 22.7 Å². The number of sulfonamides is 1. The van der Waals surface area contributed by atoms with Gasteiger partial charge in [-0.3, -0.25) is 0 Å². The maximum Gasteiger partial charge on any atom is 0.244 e. The number of rotatable bonds is 5. The lowest BCUT2D eigenvalue weighted by Crippen LogP contribution is -2.49. The SMILES string of the molecule is CCOc1ccc(Br)cc1S(=O)(=O)NC1CCCCC1N. The molecule has 2 atom stereocenters. The van der Waals surface area contributed by atoms with Gasteiger partial charge >= 0.3 is 0 Å². The standard InChI is InChI=1S/C14H21BrN2O3S/c1-2-20-13-8-7-10(15)9-14(13)21(18,19)17-12-6-4-3-5-11(12)16/h7-9,11-12,17H,2-6,16H2,1H3. The first-order chi connectivity index (χ1) is 9.94. The van der Waals surface area contributed by atoms with Gasteiger partial charge in [-0.1, -0.05) is 28.8 Å². The Balaban J connectivity index is 2.28. The lowest BCUT2D eigenvalue weighted by molar-refractivity contribution is 0.329. The quantitative estimate of drug-likeness (QED) is 0.826. The summed E-state index contributed by atoms with van der Waals surface area (Å²) in [6.45, 7) is 2.23. The van der Waals surface area contributed by atoms with Crippen LogP contribution in [-0.2, 0) is 10.0 Å². The van der Waals surface area contributed by atoms with E-state index in [1.54, 1.807) is 18.2 Å². The van der Waals surface area contributed by atoms with E-state index in [-0.39, 0.29) is 17.0 Å². The molecule has 7 heteroatoms. The molecule has 1 aliphatic carbocycles. The van der Waals surface area contributed by atoms with E-state index in [4.69, 9.17) is 10.5 Å². The van der Waals surface area contributed by atoms with Crippen LogP contribution in [0.2, 0.25) is 0 Å². The fraction of sp³-hybridized carbons (Fsp3) is 0.571. The number of nitrogens with two attached hydrogens (primary N) is 1. The minimum absolute atomic E-state index is 0.128. The van der Waals surface area contributed by atoms with Gasteiger partial charge in [0.1, 0.15) is 10.6 Å². The molecule has 0 saturated heterocycles. The number of nitrogens with one attached hydrogen (secondary N) is 1. The van der Waals surface area contributed by atoms with Crippen LogP contribution in [-0.4, -0.2) is 27.1 Å². The molecule has 1 fully saturated rings. The molecule has 118 valence electrons. The maximum absolute atomic E-state index is 12.6. The molecule has 0 amide bonds. The largest absolute Gasteiger partial charge is 0.492 e. The molecule has 1 aromatic carbocycles. The summed E-state index contributed by atoms with van der Waals surface area (Å²) in [6.07, 6.45) is 3.68. The van der Waals surface area contributed by atoms with Gasteiger partial charge in [-0.05, 0) is 38.0 Å². The van der Waals surface area contributed by atoms with Crippen LogP contribution in [0.3, 0.4) is 0 Å². The summed E-state index contributed by atoms with van der Waals surface area (Å²) in [5, 5.41) is 0. The van der Waals surface area contributed by atoms with E-state index < -0.39 is 10.0 Å². The predicted molar refractivity (Wildman–Crippen MR) is 85.9 cm³/mol. The number of ether oxygens (including phenoxy) is 1. The van der Waals surface area contributed by atoms with Gasteiger partial charge in [-0.25, -0.2) is 13.1 Å². The maximum atomic E-state index is 12.6. The number of hydrogen-bond donors (Lipinski definition) is 2. The summed E-state index contributed by atoms with van der Waals surface area (Å²) >= 11 is 3.30. The van der Waals surface area contributed by atoms with Gasteiger partial charge in [0.05, 0.1) is 6.61 Å². The Hall–Kier alpha value is -0.630. The van der Waals surface area contributed by atoms with E-state index in [0.717, 1.165) is 25.7 Å². The van der Waals surface area contributed by atoms with Crippen molar-refractivity contribution >= 4 is 26.0 Å². The van der Waals surface area contributed by atoms with Crippen LogP contribution in [0.25, 0.3) is 0 Å². The van der Waals surface area contributed by atoms with Gasteiger partial charge in [-0.15, -0.1) is 0 Å². The lowest BCUT2D eigenvalue weighted by Gasteiger charge is -2.29. The van der Waals surface area contributed by atoms with Gasteiger partial charge in [0.25, 0.3) is 0 Å². The smallest absolute Gasteiger partial charge is 0.244 e. The van der Waals surface area contributed by atoms with Gasteiger partial charge in [0, 0.05) is 16.6 Å². The highest BCUT2D eigenvalue weighted by atomic mass is 79.9. The number of benzene rings is 1. The lowest BCUT2D eigenvalue weighted by atomic mass is 9.92. The van der Waals surface area contributed by atoms with E-state index >= 15 is 0 Å². The van der Waals surface area contributed by atoms with Crippen molar-refractivity contribution in [3.8, 4) is 5.75 Å². The van der Waals surface area contributed by atoms with Crippen LogP contribution in [0, 0.1) is 0 Å². The summed E-state index contributed by atoms with van der Waals surface area (Å²) in [7, 11) is -3.65. The first-order valence-electron chi connectivity index (χ1n) is 7.14. The minimum atomic E-state index is -3.65. The second-order valence-electron chi connectivity index (χ2n) is 5.20. The van der Waals surface area contributed by atoms with Crippen molar-refractivity contribution in [2.24, 2.45) is 5.73 Å². The van der Waals surface area contributed by atoms with E-state index in [1.807, 2.05) is 6.92 Å².